The third-order valence-electron chi connectivity index (χ3n) is 4.02. The summed E-state index contributed by atoms with van der Waals surface area (Å²) >= 11 is 0. The largest absolute Gasteiger partial charge is 0.314 e. The van der Waals surface area contributed by atoms with Crippen LogP contribution in [0.3, 0.4) is 0 Å². The van der Waals surface area contributed by atoms with E-state index in [-0.39, 0.29) is 0 Å². The van der Waals surface area contributed by atoms with Gasteiger partial charge in [-0.05, 0) is 18.4 Å². The van der Waals surface area contributed by atoms with Crippen molar-refractivity contribution in [1.82, 2.24) is 5.06 Å². The molecule has 0 unspecified atom stereocenters. The van der Waals surface area contributed by atoms with Gasteiger partial charge in [-0.3, -0.25) is 0 Å². The minimum Gasteiger partial charge on any atom is -0.314 e. The van der Waals surface area contributed by atoms with Crippen molar-refractivity contribution in [1.29, 1.82) is 0 Å². The van der Waals surface area contributed by atoms with Gasteiger partial charge in [-0.25, -0.2) is 0 Å². The van der Waals surface area contributed by atoms with Gasteiger partial charge >= 0.3 is 0 Å². The molecule has 0 fully saturated rings. The van der Waals surface area contributed by atoms with Crippen molar-refractivity contribution in [2.24, 2.45) is 0 Å². The first-order valence-electron chi connectivity index (χ1n) is 8.80. The van der Waals surface area contributed by atoms with E-state index in [1.165, 1.54) is 62.0 Å². The maximum atomic E-state index is 9.84. The zero-order valence-corrected chi connectivity index (χ0v) is 13.8. The van der Waals surface area contributed by atoms with Crippen LogP contribution in [-0.4, -0.2) is 23.4 Å². The summed E-state index contributed by atoms with van der Waals surface area (Å²) in [6.07, 6.45) is 12.9. The summed E-state index contributed by atoms with van der Waals surface area (Å²) in [5.41, 5.74) is 1.30. The Hall–Kier alpha value is -0.860. The predicted octanol–water partition coefficient (Wildman–Crippen LogP) is 5.45. The van der Waals surface area contributed by atoms with E-state index < -0.39 is 0 Å². The van der Waals surface area contributed by atoms with Crippen molar-refractivity contribution in [3.63, 3.8) is 0 Å². The van der Waals surface area contributed by atoms with Crippen LogP contribution in [0.2, 0.25) is 0 Å². The maximum absolute atomic E-state index is 9.84. The zero-order chi connectivity index (χ0) is 15.2. The lowest BCUT2D eigenvalue weighted by Gasteiger charge is -2.14. The smallest absolute Gasteiger partial charge is 0.0278 e. The number of benzene rings is 1. The summed E-state index contributed by atoms with van der Waals surface area (Å²) in [6.45, 7) is 3.81. The van der Waals surface area contributed by atoms with E-state index in [1.54, 1.807) is 0 Å². The van der Waals surface area contributed by atoms with Gasteiger partial charge in [0.25, 0.3) is 0 Å². The number of hydrogen-bond donors (Lipinski definition) is 1. The second-order valence-corrected chi connectivity index (χ2v) is 6.02. The van der Waals surface area contributed by atoms with Crippen LogP contribution in [0.4, 0.5) is 0 Å². The van der Waals surface area contributed by atoms with Gasteiger partial charge in [-0.1, -0.05) is 88.6 Å². The van der Waals surface area contributed by atoms with Crippen LogP contribution in [0.25, 0.3) is 0 Å². The Morgan fingerprint density at radius 2 is 1.33 bits per heavy atom. The van der Waals surface area contributed by atoms with Crippen molar-refractivity contribution in [3.05, 3.63) is 35.9 Å². The van der Waals surface area contributed by atoms with Gasteiger partial charge in [0.15, 0.2) is 0 Å². The molecule has 0 radical (unpaired) electrons. The van der Waals surface area contributed by atoms with Gasteiger partial charge in [-0.15, -0.1) is 0 Å². The average Bonchev–Trinajstić information content (AvgIpc) is 2.52. The first-order chi connectivity index (χ1) is 10.3. The molecule has 0 heterocycles. The highest BCUT2D eigenvalue weighted by atomic mass is 16.5. The molecular weight excluding hydrogens is 258 g/mol. The van der Waals surface area contributed by atoms with Crippen molar-refractivity contribution >= 4 is 0 Å². The Morgan fingerprint density at radius 3 is 1.95 bits per heavy atom. The van der Waals surface area contributed by atoms with Crippen LogP contribution < -0.4 is 0 Å². The van der Waals surface area contributed by atoms with Crippen LogP contribution in [0.15, 0.2) is 30.3 Å². The molecule has 0 amide bonds. The van der Waals surface area contributed by atoms with Gasteiger partial charge in [0.1, 0.15) is 0 Å². The Kier molecular flexibility index (Phi) is 11.1. The van der Waals surface area contributed by atoms with Gasteiger partial charge in [0.2, 0.25) is 0 Å². The van der Waals surface area contributed by atoms with E-state index in [9.17, 15) is 5.21 Å². The van der Waals surface area contributed by atoms with E-state index in [1.807, 2.05) is 6.07 Å². The van der Waals surface area contributed by atoms with E-state index in [0.717, 1.165) is 25.9 Å². The molecule has 0 saturated heterocycles. The summed E-state index contributed by atoms with van der Waals surface area (Å²) in [5, 5.41) is 11.3. The molecule has 2 heteroatoms. The van der Waals surface area contributed by atoms with Crippen molar-refractivity contribution in [3.8, 4) is 0 Å². The van der Waals surface area contributed by atoms with Crippen LogP contribution in [-0.2, 0) is 6.42 Å². The van der Waals surface area contributed by atoms with Crippen molar-refractivity contribution < 1.29 is 5.21 Å². The quantitative estimate of drug-likeness (QED) is 0.386. The van der Waals surface area contributed by atoms with Crippen LogP contribution in [0.5, 0.6) is 0 Å². The molecule has 0 aliphatic rings. The molecule has 0 bridgehead atoms. The number of hydrogen-bond acceptors (Lipinski definition) is 2. The van der Waals surface area contributed by atoms with E-state index >= 15 is 0 Å². The highest BCUT2D eigenvalue weighted by molar-refractivity contribution is 5.14. The fourth-order valence-electron chi connectivity index (χ4n) is 2.62. The number of hydroxylamine groups is 2. The maximum Gasteiger partial charge on any atom is 0.0278 e. The topological polar surface area (TPSA) is 23.5 Å². The molecule has 1 aromatic rings. The average molecular weight is 291 g/mol. The van der Waals surface area contributed by atoms with Gasteiger partial charge in [-0.2, -0.15) is 5.06 Å². The minimum atomic E-state index is 0.737. The summed E-state index contributed by atoms with van der Waals surface area (Å²) < 4.78 is 0. The highest BCUT2D eigenvalue weighted by Gasteiger charge is 2.01. The van der Waals surface area contributed by atoms with Crippen molar-refractivity contribution in [2.45, 2.75) is 71.1 Å². The van der Waals surface area contributed by atoms with Gasteiger partial charge in [0, 0.05) is 13.1 Å². The first-order valence-corrected chi connectivity index (χ1v) is 8.80. The molecule has 2 nitrogen and oxygen atoms in total. The number of unbranched alkanes of at least 4 members (excludes halogenated alkanes) is 8. The number of rotatable bonds is 13. The monoisotopic (exact) mass is 291 g/mol. The molecule has 0 saturated carbocycles. The second-order valence-electron chi connectivity index (χ2n) is 6.02. The van der Waals surface area contributed by atoms with Crippen LogP contribution in [0, 0.1) is 0 Å². The first kappa shape index (κ1) is 18.2. The highest BCUT2D eigenvalue weighted by Crippen LogP contribution is 2.10. The third-order valence-corrected chi connectivity index (χ3v) is 4.02. The van der Waals surface area contributed by atoms with E-state index in [4.69, 9.17) is 0 Å². The van der Waals surface area contributed by atoms with Gasteiger partial charge in [0.05, 0.1) is 0 Å². The summed E-state index contributed by atoms with van der Waals surface area (Å²) in [4.78, 5) is 0. The zero-order valence-electron chi connectivity index (χ0n) is 13.8. The molecule has 0 aliphatic heterocycles. The molecule has 0 atom stereocenters. The SMILES string of the molecule is CCCCCCCCCCCN(O)CCc1ccccc1. The lowest BCUT2D eigenvalue weighted by Crippen LogP contribution is -2.23. The molecule has 1 rings (SSSR count). The standard InChI is InChI=1S/C19H33NO/c1-2-3-4-5-6-7-8-9-13-17-20(21)18-16-19-14-11-10-12-15-19/h10-12,14-15,21H,2-9,13,16-18H2,1H3. The Balaban J connectivity index is 1.88. The molecule has 120 valence electrons. The normalized spacial score (nSPS) is 11.2. The minimum absolute atomic E-state index is 0.737. The summed E-state index contributed by atoms with van der Waals surface area (Å²) in [6, 6.07) is 10.4. The lowest BCUT2D eigenvalue weighted by atomic mass is 10.1. The summed E-state index contributed by atoms with van der Waals surface area (Å²) in [7, 11) is 0. The molecule has 1 aromatic carbocycles. The molecular formula is C19H33NO. The second kappa shape index (κ2) is 12.8. The molecule has 21 heavy (non-hydrogen) atoms. The van der Waals surface area contributed by atoms with E-state index in [2.05, 4.69) is 31.2 Å². The molecule has 0 spiro atoms. The molecule has 0 aromatic heterocycles. The number of nitrogens with zero attached hydrogens (tertiary/aromatic N) is 1. The van der Waals surface area contributed by atoms with Gasteiger partial charge < -0.3 is 5.21 Å². The Bertz CT molecular complexity index is 326. The molecule has 0 aliphatic carbocycles. The van der Waals surface area contributed by atoms with Crippen molar-refractivity contribution in [2.75, 3.05) is 13.1 Å². The molecule has 1 N–H and O–H groups in total. The van der Waals surface area contributed by atoms with E-state index in [0.29, 0.717) is 0 Å². The third kappa shape index (κ3) is 10.5. The lowest BCUT2D eigenvalue weighted by molar-refractivity contribution is -0.0905. The fraction of sp³-hybridized carbons (Fsp3) is 0.684. The fourth-order valence-corrected chi connectivity index (χ4v) is 2.62. The van der Waals surface area contributed by atoms with Crippen LogP contribution >= 0.6 is 0 Å². The summed E-state index contributed by atoms with van der Waals surface area (Å²) in [5.74, 6) is 0. The van der Waals surface area contributed by atoms with Crippen LogP contribution in [0.1, 0.15) is 70.3 Å². The predicted molar refractivity (Wildman–Crippen MR) is 90.7 cm³/mol. The Morgan fingerprint density at radius 1 is 0.762 bits per heavy atom. The Labute approximate surface area is 131 Å².